The van der Waals surface area contributed by atoms with Gasteiger partial charge >= 0.3 is 5.97 Å². The lowest BCUT2D eigenvalue weighted by Crippen LogP contribution is -2.34. The molecule has 0 radical (unpaired) electrons. The Labute approximate surface area is 117 Å². The Balaban J connectivity index is 2.93. The van der Waals surface area contributed by atoms with Crippen molar-refractivity contribution >= 4 is 21.9 Å². The van der Waals surface area contributed by atoms with E-state index in [4.69, 9.17) is 5.11 Å². The van der Waals surface area contributed by atoms with Gasteiger partial charge in [0.1, 0.15) is 0 Å². The SMILES string of the molecule is CCCN(CC(=O)O)C(CC)c1cccc(Br)c1. The number of rotatable bonds is 7. The van der Waals surface area contributed by atoms with E-state index >= 15 is 0 Å². The third-order valence-electron chi connectivity index (χ3n) is 2.91. The molecule has 1 unspecified atom stereocenters. The molecule has 0 heterocycles. The fraction of sp³-hybridized carbons (Fsp3) is 0.500. The Morgan fingerprint density at radius 1 is 1.44 bits per heavy atom. The predicted molar refractivity (Wildman–Crippen MR) is 76.7 cm³/mol. The lowest BCUT2D eigenvalue weighted by atomic mass is 10.0. The fourth-order valence-corrected chi connectivity index (χ4v) is 2.64. The first-order valence-corrected chi connectivity index (χ1v) is 7.09. The first kappa shape index (κ1) is 15.2. The van der Waals surface area contributed by atoms with Crippen LogP contribution in [-0.2, 0) is 4.79 Å². The second-order valence-corrected chi connectivity index (χ2v) is 5.26. The van der Waals surface area contributed by atoms with E-state index in [1.807, 2.05) is 17.0 Å². The predicted octanol–water partition coefficient (Wildman–Crippen LogP) is 3.70. The summed E-state index contributed by atoms with van der Waals surface area (Å²) < 4.78 is 1.03. The molecule has 0 aliphatic carbocycles. The van der Waals surface area contributed by atoms with Gasteiger partial charge in [-0.05, 0) is 37.1 Å². The van der Waals surface area contributed by atoms with Crippen LogP contribution in [0.5, 0.6) is 0 Å². The second kappa shape index (κ2) is 7.54. The molecular weight excluding hydrogens is 294 g/mol. The lowest BCUT2D eigenvalue weighted by molar-refractivity contribution is -0.139. The van der Waals surface area contributed by atoms with Crippen molar-refractivity contribution in [3.8, 4) is 0 Å². The molecule has 1 aromatic carbocycles. The Morgan fingerprint density at radius 3 is 2.67 bits per heavy atom. The topological polar surface area (TPSA) is 40.5 Å². The highest BCUT2D eigenvalue weighted by molar-refractivity contribution is 9.10. The van der Waals surface area contributed by atoms with Gasteiger partial charge in [0.15, 0.2) is 0 Å². The molecule has 18 heavy (non-hydrogen) atoms. The molecule has 0 amide bonds. The highest BCUT2D eigenvalue weighted by atomic mass is 79.9. The fourth-order valence-electron chi connectivity index (χ4n) is 2.22. The van der Waals surface area contributed by atoms with Crippen molar-refractivity contribution in [2.24, 2.45) is 0 Å². The molecule has 4 heteroatoms. The van der Waals surface area contributed by atoms with Gasteiger partial charge in [0.05, 0.1) is 6.54 Å². The van der Waals surface area contributed by atoms with Crippen molar-refractivity contribution < 1.29 is 9.90 Å². The molecule has 1 N–H and O–H groups in total. The number of benzene rings is 1. The molecule has 0 saturated heterocycles. The average Bonchev–Trinajstić information content (AvgIpc) is 2.29. The summed E-state index contributed by atoms with van der Waals surface area (Å²) in [5.74, 6) is -0.767. The zero-order chi connectivity index (χ0) is 13.5. The second-order valence-electron chi connectivity index (χ2n) is 4.34. The molecule has 0 fully saturated rings. The van der Waals surface area contributed by atoms with Crippen molar-refractivity contribution in [1.29, 1.82) is 0 Å². The van der Waals surface area contributed by atoms with E-state index in [-0.39, 0.29) is 12.6 Å². The highest BCUT2D eigenvalue weighted by Crippen LogP contribution is 2.26. The summed E-state index contributed by atoms with van der Waals surface area (Å²) >= 11 is 3.46. The van der Waals surface area contributed by atoms with Crippen molar-refractivity contribution in [2.45, 2.75) is 32.7 Å². The largest absolute Gasteiger partial charge is 0.480 e. The van der Waals surface area contributed by atoms with Crippen molar-refractivity contribution in [1.82, 2.24) is 4.90 Å². The number of carboxylic acids is 1. The Morgan fingerprint density at radius 2 is 2.17 bits per heavy atom. The van der Waals surface area contributed by atoms with Gasteiger partial charge in [-0.25, -0.2) is 0 Å². The molecule has 1 atom stereocenters. The molecule has 0 bridgehead atoms. The van der Waals surface area contributed by atoms with E-state index in [1.54, 1.807) is 0 Å². The van der Waals surface area contributed by atoms with Crippen LogP contribution in [0.15, 0.2) is 28.7 Å². The first-order chi connectivity index (χ1) is 8.58. The summed E-state index contributed by atoms with van der Waals surface area (Å²) in [6, 6.07) is 8.27. The van der Waals surface area contributed by atoms with Gasteiger partial charge in [0.25, 0.3) is 0 Å². The molecule has 0 aromatic heterocycles. The molecule has 0 aliphatic rings. The Hall–Kier alpha value is -0.870. The van der Waals surface area contributed by atoms with Crippen LogP contribution in [0.3, 0.4) is 0 Å². The first-order valence-electron chi connectivity index (χ1n) is 6.29. The number of nitrogens with zero attached hydrogens (tertiary/aromatic N) is 1. The van der Waals surface area contributed by atoms with Gasteiger partial charge in [-0.2, -0.15) is 0 Å². The van der Waals surface area contributed by atoms with Gasteiger partial charge in [0, 0.05) is 10.5 Å². The van der Waals surface area contributed by atoms with Gasteiger partial charge in [-0.15, -0.1) is 0 Å². The summed E-state index contributed by atoms with van der Waals surface area (Å²) in [6.07, 6.45) is 1.86. The van der Waals surface area contributed by atoms with E-state index in [0.717, 1.165) is 23.9 Å². The molecule has 1 rings (SSSR count). The van der Waals surface area contributed by atoms with Crippen LogP contribution in [0.2, 0.25) is 0 Å². The third-order valence-corrected chi connectivity index (χ3v) is 3.40. The van der Waals surface area contributed by atoms with Gasteiger partial charge in [-0.1, -0.05) is 41.9 Å². The summed E-state index contributed by atoms with van der Waals surface area (Å²) in [4.78, 5) is 13.0. The summed E-state index contributed by atoms with van der Waals surface area (Å²) in [6.45, 7) is 5.06. The van der Waals surface area contributed by atoms with Crippen LogP contribution in [0.1, 0.15) is 38.3 Å². The number of halogens is 1. The van der Waals surface area contributed by atoms with E-state index in [2.05, 4.69) is 41.9 Å². The molecular formula is C14H20BrNO2. The van der Waals surface area contributed by atoms with E-state index in [1.165, 1.54) is 5.56 Å². The number of aliphatic carboxylic acids is 1. The van der Waals surface area contributed by atoms with Crippen LogP contribution >= 0.6 is 15.9 Å². The lowest BCUT2D eigenvalue weighted by Gasteiger charge is -2.29. The van der Waals surface area contributed by atoms with Crippen molar-refractivity contribution in [2.75, 3.05) is 13.1 Å². The molecule has 0 spiro atoms. The van der Waals surface area contributed by atoms with Crippen LogP contribution < -0.4 is 0 Å². The third kappa shape index (κ3) is 4.42. The maximum atomic E-state index is 11.0. The number of carboxylic acid groups (broad SMARTS) is 1. The van der Waals surface area contributed by atoms with Crippen LogP contribution in [0, 0.1) is 0 Å². The Bertz CT molecular complexity index is 395. The van der Waals surface area contributed by atoms with Crippen LogP contribution in [-0.4, -0.2) is 29.1 Å². The van der Waals surface area contributed by atoms with E-state index in [0.29, 0.717) is 0 Å². The zero-order valence-corrected chi connectivity index (χ0v) is 12.5. The molecule has 3 nitrogen and oxygen atoms in total. The monoisotopic (exact) mass is 313 g/mol. The van der Waals surface area contributed by atoms with Crippen LogP contribution in [0.25, 0.3) is 0 Å². The summed E-state index contributed by atoms with van der Waals surface area (Å²) in [7, 11) is 0. The molecule has 0 aliphatic heterocycles. The minimum atomic E-state index is -0.767. The Kier molecular flexibility index (Phi) is 6.36. The van der Waals surface area contributed by atoms with E-state index in [9.17, 15) is 4.79 Å². The van der Waals surface area contributed by atoms with Gasteiger partial charge in [0.2, 0.25) is 0 Å². The highest BCUT2D eigenvalue weighted by Gasteiger charge is 2.20. The minimum Gasteiger partial charge on any atom is -0.480 e. The number of hydrogen-bond donors (Lipinski definition) is 1. The van der Waals surface area contributed by atoms with Crippen LogP contribution in [0.4, 0.5) is 0 Å². The smallest absolute Gasteiger partial charge is 0.317 e. The maximum Gasteiger partial charge on any atom is 0.317 e. The molecule has 1 aromatic rings. The standard InChI is InChI=1S/C14H20BrNO2/c1-3-8-16(10-14(17)18)13(4-2)11-6-5-7-12(15)9-11/h5-7,9,13H,3-4,8,10H2,1-2H3,(H,17,18). The van der Waals surface area contributed by atoms with Crippen molar-refractivity contribution in [3.63, 3.8) is 0 Å². The number of carbonyl (C=O) groups is 1. The summed E-state index contributed by atoms with van der Waals surface area (Å²) in [5.41, 5.74) is 1.17. The maximum absolute atomic E-state index is 11.0. The zero-order valence-electron chi connectivity index (χ0n) is 10.9. The quantitative estimate of drug-likeness (QED) is 0.834. The minimum absolute atomic E-state index is 0.0961. The average molecular weight is 314 g/mol. The van der Waals surface area contributed by atoms with E-state index < -0.39 is 5.97 Å². The van der Waals surface area contributed by atoms with Crippen molar-refractivity contribution in [3.05, 3.63) is 34.3 Å². The molecule has 0 saturated carbocycles. The normalized spacial score (nSPS) is 12.7. The van der Waals surface area contributed by atoms with Gasteiger partial charge < -0.3 is 5.11 Å². The number of hydrogen-bond acceptors (Lipinski definition) is 2. The molecule has 100 valence electrons. The van der Waals surface area contributed by atoms with Gasteiger partial charge in [-0.3, -0.25) is 9.69 Å². The summed E-state index contributed by atoms with van der Waals surface area (Å²) in [5, 5.41) is 9.01.